The van der Waals surface area contributed by atoms with Gasteiger partial charge in [0.1, 0.15) is 18.7 Å². The van der Waals surface area contributed by atoms with Crippen molar-refractivity contribution >= 4 is 25.5 Å². The number of carbonyl (C=O) groups excluding carboxylic acids is 3. The third-order valence-corrected chi connectivity index (χ3v) is 14.6. The molecule has 1 aliphatic carbocycles. The van der Waals surface area contributed by atoms with Crippen molar-refractivity contribution in [3.63, 3.8) is 0 Å². The number of carbonyl (C=O) groups is 3. The summed E-state index contributed by atoms with van der Waals surface area (Å²) in [5.74, 6) is -0.639. The molecule has 0 aromatic heterocycles. The fraction of sp³-hybridized carbons (Fsp3) is 0.521. The molecule has 1 spiro atoms. The first kappa shape index (κ1) is 47.5. The van der Waals surface area contributed by atoms with E-state index in [1.165, 1.54) is 5.82 Å². The molecule has 3 N–H and O–H groups in total. The molecule has 5 aliphatic rings. The third-order valence-electron chi connectivity index (χ3n) is 12.8. The van der Waals surface area contributed by atoms with E-state index in [4.69, 9.17) is 37.8 Å². The van der Waals surface area contributed by atoms with Crippen LogP contribution in [-0.4, -0.2) is 73.8 Å². The van der Waals surface area contributed by atoms with Gasteiger partial charge in [-0.3, -0.25) is 14.2 Å². The van der Waals surface area contributed by atoms with Gasteiger partial charge in [0.15, 0.2) is 18.2 Å². The second-order valence-electron chi connectivity index (χ2n) is 17.2. The van der Waals surface area contributed by atoms with Crippen molar-refractivity contribution in [3.8, 4) is 0 Å². The zero-order chi connectivity index (χ0) is 45.3. The van der Waals surface area contributed by atoms with E-state index in [0.29, 0.717) is 17.9 Å². The number of nitrogens with one attached hydrogen (secondary N) is 3. The zero-order valence-corrected chi connectivity index (χ0v) is 38.1. The highest BCUT2D eigenvalue weighted by Crippen LogP contribution is 2.60. The van der Waals surface area contributed by atoms with Crippen LogP contribution < -0.4 is 16.0 Å². The van der Waals surface area contributed by atoms with Gasteiger partial charge in [0.05, 0.1) is 25.9 Å². The van der Waals surface area contributed by atoms with Crippen molar-refractivity contribution in [1.82, 2.24) is 16.0 Å². The summed E-state index contributed by atoms with van der Waals surface area (Å²) in [5.41, 5.74) is 1.39. The highest BCUT2D eigenvalue weighted by Gasteiger charge is 2.69. The van der Waals surface area contributed by atoms with Gasteiger partial charge < -0.3 is 43.9 Å². The Morgan fingerprint density at radius 1 is 0.797 bits per heavy atom. The monoisotopic (exact) mass is 903 g/mol. The van der Waals surface area contributed by atoms with Crippen molar-refractivity contribution in [2.24, 2.45) is 23.7 Å². The first-order valence-electron chi connectivity index (χ1n) is 22.4. The fourth-order valence-corrected chi connectivity index (χ4v) is 10.9. The van der Waals surface area contributed by atoms with Crippen molar-refractivity contribution in [2.45, 2.75) is 115 Å². The van der Waals surface area contributed by atoms with Crippen LogP contribution in [0.25, 0.3) is 0 Å². The van der Waals surface area contributed by atoms with Crippen molar-refractivity contribution in [3.05, 3.63) is 120 Å². The number of rotatable bonds is 19. The molecule has 64 heavy (non-hydrogen) atoms. The quantitative estimate of drug-likeness (QED) is 0.0785. The normalized spacial score (nSPS) is 28.8. The standard InChI is InChI=1S/C48H62N3O12P/c1-6-58-64(55,59-7-2)28-26-39(36-21-15-10-16-22-36)49-42(52)40(29-34-17-11-8-12-18-34)50-43(53)41(51-46(54)57-30-35-19-13-9-14-20-35)31-56-44-33(4)38-24-23-32(3)37-25-27-47(5)61-45(60-44)48(37,38)63-62-47/h8-22,26,28,32-33,37-41,44-45H,6-7,23-25,27,29-31H2,1-5H3,(H,49,52)(H,50,53)(H,51,54)/b28-26+/t32-,33-,37+,38+,39+,40+,41+,44+,45-,47-,48-/m1/s1. The smallest absolute Gasteiger partial charge is 0.408 e. The third kappa shape index (κ3) is 11.1. The van der Waals surface area contributed by atoms with Gasteiger partial charge in [-0.2, -0.15) is 0 Å². The summed E-state index contributed by atoms with van der Waals surface area (Å²) >= 11 is 0. The van der Waals surface area contributed by atoms with E-state index in [1.54, 1.807) is 19.9 Å². The molecule has 16 heteroatoms. The van der Waals surface area contributed by atoms with E-state index in [9.17, 15) is 18.9 Å². The molecule has 4 heterocycles. The minimum Gasteiger partial charge on any atom is -0.445 e. The van der Waals surface area contributed by atoms with Crippen LogP contribution in [0.5, 0.6) is 0 Å². The number of hydrogen-bond donors (Lipinski definition) is 3. The predicted molar refractivity (Wildman–Crippen MR) is 236 cm³/mol. The highest BCUT2D eigenvalue weighted by atomic mass is 31.2. The summed E-state index contributed by atoms with van der Waals surface area (Å²) in [6.45, 7) is 9.48. The SMILES string of the molecule is CCOP(=O)(/C=C/[C@H](NC(=O)[C@H](Cc1ccccc1)NC(=O)[C@H](CO[C@H]1O[C@@H]2O[C@@]3(C)CC[C@H]4[C@H](C)CC[C@@H]([C@H]1C)[C@@]24OO3)NC(=O)OCc1ccccc1)c1ccccc1)OCC. The Morgan fingerprint density at radius 3 is 2.11 bits per heavy atom. The second kappa shape index (κ2) is 21.2. The molecule has 8 rings (SSSR count). The van der Waals surface area contributed by atoms with E-state index in [-0.39, 0.29) is 50.6 Å². The second-order valence-corrected chi connectivity index (χ2v) is 19.1. The molecule has 3 aromatic carbocycles. The summed E-state index contributed by atoms with van der Waals surface area (Å²) in [6.07, 6.45) is 2.51. The summed E-state index contributed by atoms with van der Waals surface area (Å²) in [6, 6.07) is 24.2. The highest BCUT2D eigenvalue weighted by molar-refractivity contribution is 7.57. The average Bonchev–Trinajstić information content (AvgIpc) is 3.53. The number of alkyl carbamates (subject to hydrolysis) is 1. The van der Waals surface area contributed by atoms with Gasteiger partial charge in [0, 0.05) is 30.5 Å². The number of ether oxygens (including phenoxy) is 4. The van der Waals surface area contributed by atoms with Crippen molar-refractivity contribution in [1.29, 1.82) is 0 Å². The maximum atomic E-state index is 14.6. The number of hydrogen-bond acceptors (Lipinski definition) is 12. The first-order valence-corrected chi connectivity index (χ1v) is 24.0. The fourth-order valence-electron chi connectivity index (χ4n) is 9.51. The molecular weight excluding hydrogens is 842 g/mol. The van der Waals surface area contributed by atoms with E-state index < -0.39 is 67.6 Å². The van der Waals surface area contributed by atoms with Crippen molar-refractivity contribution in [2.75, 3.05) is 19.8 Å². The molecule has 3 aromatic rings. The van der Waals surface area contributed by atoms with Crippen LogP contribution in [0.2, 0.25) is 0 Å². The summed E-state index contributed by atoms with van der Waals surface area (Å²) in [4.78, 5) is 54.8. The average molecular weight is 904 g/mol. The van der Waals surface area contributed by atoms with E-state index >= 15 is 0 Å². The van der Waals surface area contributed by atoms with E-state index in [2.05, 4.69) is 22.9 Å². The number of fused-ring (bicyclic) bond motifs is 2. The van der Waals surface area contributed by atoms with Gasteiger partial charge in [-0.1, -0.05) is 105 Å². The lowest BCUT2D eigenvalue weighted by Crippen LogP contribution is -2.70. The van der Waals surface area contributed by atoms with Gasteiger partial charge in [-0.25, -0.2) is 14.6 Å². The molecule has 2 bridgehead atoms. The van der Waals surface area contributed by atoms with Crippen LogP contribution in [0.3, 0.4) is 0 Å². The van der Waals surface area contributed by atoms with Crippen LogP contribution in [-0.2, 0) is 65.0 Å². The van der Waals surface area contributed by atoms with Crippen LogP contribution in [0, 0.1) is 23.7 Å². The minimum absolute atomic E-state index is 0.0409. The molecular formula is C48H62N3O12P. The molecule has 4 aliphatic heterocycles. The molecule has 4 saturated heterocycles. The number of amides is 3. The summed E-state index contributed by atoms with van der Waals surface area (Å²) in [7, 11) is -3.64. The maximum Gasteiger partial charge on any atom is 0.408 e. The summed E-state index contributed by atoms with van der Waals surface area (Å²) < 4.78 is 49.6. The molecule has 3 amide bonds. The van der Waals surface area contributed by atoms with Gasteiger partial charge in [-0.05, 0) is 74.6 Å². The molecule has 0 unspecified atom stereocenters. The van der Waals surface area contributed by atoms with Gasteiger partial charge in [0.25, 0.3) is 0 Å². The maximum absolute atomic E-state index is 14.6. The molecule has 15 nitrogen and oxygen atoms in total. The minimum atomic E-state index is -3.64. The Balaban J connectivity index is 1.13. The van der Waals surface area contributed by atoms with Gasteiger partial charge in [0.2, 0.25) is 17.6 Å². The van der Waals surface area contributed by atoms with Crippen LogP contribution in [0.1, 0.15) is 83.0 Å². The first-order chi connectivity index (χ1) is 30.8. The van der Waals surface area contributed by atoms with Crippen LogP contribution in [0.15, 0.2) is 103 Å². The predicted octanol–water partition coefficient (Wildman–Crippen LogP) is 7.87. The molecule has 0 radical (unpaired) electrons. The number of benzene rings is 3. The lowest BCUT2D eigenvalue weighted by atomic mass is 9.58. The summed E-state index contributed by atoms with van der Waals surface area (Å²) in [5, 5.41) is 8.62. The Morgan fingerprint density at radius 2 is 1.44 bits per heavy atom. The Labute approximate surface area is 375 Å². The Kier molecular flexibility index (Phi) is 15.8. The van der Waals surface area contributed by atoms with Gasteiger partial charge in [-0.15, -0.1) is 0 Å². The van der Waals surface area contributed by atoms with E-state index in [1.807, 2.05) is 105 Å². The van der Waals surface area contributed by atoms with Gasteiger partial charge >= 0.3 is 13.7 Å². The Bertz CT molecular complexity index is 2090. The van der Waals surface area contributed by atoms with Crippen LogP contribution in [0.4, 0.5) is 4.79 Å². The molecule has 1 saturated carbocycles. The van der Waals surface area contributed by atoms with E-state index in [0.717, 1.165) is 30.4 Å². The molecule has 346 valence electrons. The largest absolute Gasteiger partial charge is 0.445 e. The van der Waals surface area contributed by atoms with Crippen LogP contribution >= 0.6 is 7.60 Å². The molecule has 5 fully saturated rings. The topological polar surface area (TPSA) is 178 Å². The Hall–Kier alpha value is -4.44. The molecule has 11 atom stereocenters. The van der Waals surface area contributed by atoms with Crippen molar-refractivity contribution < 1.29 is 56.7 Å². The lowest BCUT2D eigenvalue weighted by Gasteiger charge is -2.60. The zero-order valence-electron chi connectivity index (χ0n) is 37.2. The lowest BCUT2D eigenvalue weighted by molar-refractivity contribution is -0.577.